The van der Waals surface area contributed by atoms with E-state index < -0.39 is 0 Å². The van der Waals surface area contributed by atoms with Gasteiger partial charge in [0.15, 0.2) is 0 Å². The summed E-state index contributed by atoms with van der Waals surface area (Å²) in [6, 6.07) is 12.1. The molecular formula is C20H20N2O2S. The number of nitro benzene ring substituents is 1. The van der Waals surface area contributed by atoms with Gasteiger partial charge in [0.25, 0.3) is 5.69 Å². The number of thiazole rings is 1. The van der Waals surface area contributed by atoms with Gasteiger partial charge >= 0.3 is 0 Å². The SMILES string of the molecule is Cc1ccc(Cc2nc(Cc3cc(C)c([N+](=O)[O-])cc3C)cs2)cc1. The Labute approximate surface area is 151 Å². The topological polar surface area (TPSA) is 56.0 Å². The summed E-state index contributed by atoms with van der Waals surface area (Å²) in [6.45, 7) is 5.78. The smallest absolute Gasteiger partial charge is 0.258 e. The van der Waals surface area contributed by atoms with Crippen molar-refractivity contribution in [2.75, 3.05) is 0 Å². The van der Waals surface area contributed by atoms with Crippen molar-refractivity contribution < 1.29 is 4.92 Å². The van der Waals surface area contributed by atoms with E-state index in [-0.39, 0.29) is 10.6 Å². The van der Waals surface area contributed by atoms with Crippen LogP contribution in [0.2, 0.25) is 0 Å². The Bertz CT molecular complexity index is 914. The molecule has 0 N–H and O–H groups in total. The molecule has 4 nitrogen and oxygen atoms in total. The third kappa shape index (κ3) is 4.12. The summed E-state index contributed by atoms with van der Waals surface area (Å²) >= 11 is 1.67. The van der Waals surface area contributed by atoms with Crippen LogP contribution in [0.4, 0.5) is 5.69 Å². The first-order valence-electron chi connectivity index (χ1n) is 8.15. The van der Waals surface area contributed by atoms with Gasteiger partial charge < -0.3 is 0 Å². The molecule has 3 rings (SSSR count). The molecule has 0 spiro atoms. The van der Waals surface area contributed by atoms with Crippen molar-refractivity contribution in [3.63, 3.8) is 0 Å². The minimum atomic E-state index is -0.325. The summed E-state index contributed by atoms with van der Waals surface area (Å²) in [5.74, 6) is 0. The molecule has 5 heteroatoms. The van der Waals surface area contributed by atoms with E-state index in [1.54, 1.807) is 24.3 Å². The Kier molecular flexibility index (Phi) is 4.95. The van der Waals surface area contributed by atoms with E-state index in [1.165, 1.54) is 11.1 Å². The highest BCUT2D eigenvalue weighted by Gasteiger charge is 2.14. The summed E-state index contributed by atoms with van der Waals surface area (Å²) in [7, 11) is 0. The maximum absolute atomic E-state index is 11.0. The van der Waals surface area contributed by atoms with Gasteiger partial charge in [0.2, 0.25) is 0 Å². The van der Waals surface area contributed by atoms with Crippen LogP contribution in [-0.2, 0) is 12.8 Å². The predicted molar refractivity (Wildman–Crippen MR) is 101 cm³/mol. The molecule has 0 saturated carbocycles. The van der Waals surface area contributed by atoms with E-state index in [1.807, 2.05) is 13.0 Å². The van der Waals surface area contributed by atoms with Crippen LogP contribution in [0, 0.1) is 30.9 Å². The lowest BCUT2D eigenvalue weighted by molar-refractivity contribution is -0.385. The number of rotatable bonds is 5. The molecule has 0 radical (unpaired) electrons. The van der Waals surface area contributed by atoms with E-state index >= 15 is 0 Å². The van der Waals surface area contributed by atoms with Crippen LogP contribution < -0.4 is 0 Å². The predicted octanol–water partition coefficient (Wildman–Crippen LogP) is 5.16. The Balaban J connectivity index is 1.76. The second-order valence-corrected chi connectivity index (χ2v) is 7.34. The summed E-state index contributed by atoms with van der Waals surface area (Å²) in [6.07, 6.45) is 1.54. The van der Waals surface area contributed by atoms with E-state index in [0.717, 1.165) is 28.2 Å². The molecule has 25 heavy (non-hydrogen) atoms. The Morgan fingerprint density at radius 2 is 1.76 bits per heavy atom. The zero-order chi connectivity index (χ0) is 18.0. The highest BCUT2D eigenvalue weighted by Crippen LogP contribution is 2.25. The molecule has 0 amide bonds. The fraction of sp³-hybridized carbons (Fsp3) is 0.250. The van der Waals surface area contributed by atoms with Gasteiger partial charge in [-0.25, -0.2) is 4.98 Å². The molecule has 1 aromatic heterocycles. The third-order valence-electron chi connectivity index (χ3n) is 4.30. The Morgan fingerprint density at radius 3 is 2.44 bits per heavy atom. The number of benzene rings is 2. The maximum atomic E-state index is 11.0. The number of nitrogens with zero attached hydrogens (tertiary/aromatic N) is 2. The highest BCUT2D eigenvalue weighted by atomic mass is 32.1. The van der Waals surface area contributed by atoms with Gasteiger partial charge in [-0.3, -0.25) is 10.1 Å². The molecule has 0 saturated heterocycles. The van der Waals surface area contributed by atoms with E-state index in [2.05, 4.69) is 36.6 Å². The van der Waals surface area contributed by atoms with Crippen molar-refractivity contribution in [3.8, 4) is 0 Å². The molecule has 0 bridgehead atoms. The molecular weight excluding hydrogens is 332 g/mol. The second-order valence-electron chi connectivity index (χ2n) is 6.39. The summed E-state index contributed by atoms with van der Waals surface area (Å²) < 4.78 is 0. The zero-order valence-electron chi connectivity index (χ0n) is 14.6. The lowest BCUT2D eigenvalue weighted by atomic mass is 10.0. The van der Waals surface area contributed by atoms with Crippen molar-refractivity contribution in [3.05, 3.63) is 90.4 Å². The first-order valence-corrected chi connectivity index (χ1v) is 9.03. The molecule has 2 aromatic carbocycles. The average Bonchev–Trinajstić information content (AvgIpc) is 2.99. The van der Waals surface area contributed by atoms with Gasteiger partial charge in [-0.2, -0.15) is 0 Å². The van der Waals surface area contributed by atoms with E-state index in [9.17, 15) is 10.1 Å². The van der Waals surface area contributed by atoms with Gasteiger partial charge in [0, 0.05) is 29.9 Å². The molecule has 128 valence electrons. The van der Waals surface area contributed by atoms with Gasteiger partial charge in [0.1, 0.15) is 0 Å². The van der Waals surface area contributed by atoms with Gasteiger partial charge in [-0.05, 0) is 43.5 Å². The maximum Gasteiger partial charge on any atom is 0.272 e. The molecule has 0 fully saturated rings. The summed E-state index contributed by atoms with van der Waals surface area (Å²) in [5.41, 5.74) is 6.44. The van der Waals surface area contributed by atoms with Crippen molar-refractivity contribution in [2.45, 2.75) is 33.6 Å². The average molecular weight is 352 g/mol. The zero-order valence-corrected chi connectivity index (χ0v) is 15.4. The largest absolute Gasteiger partial charge is 0.272 e. The lowest BCUT2D eigenvalue weighted by Gasteiger charge is -2.06. The Hall–Kier alpha value is -2.53. The molecule has 0 aliphatic heterocycles. The molecule has 0 aliphatic carbocycles. The van der Waals surface area contributed by atoms with Crippen LogP contribution in [0.25, 0.3) is 0 Å². The number of hydrogen-bond donors (Lipinski definition) is 0. The first kappa shape index (κ1) is 17.3. The molecule has 0 aliphatic rings. The quantitative estimate of drug-likeness (QED) is 0.471. The van der Waals surface area contributed by atoms with Crippen LogP contribution in [0.1, 0.15) is 38.5 Å². The van der Waals surface area contributed by atoms with Crippen molar-refractivity contribution in [1.29, 1.82) is 0 Å². The number of hydrogen-bond acceptors (Lipinski definition) is 4. The van der Waals surface area contributed by atoms with Crippen LogP contribution in [0.15, 0.2) is 41.8 Å². The third-order valence-corrected chi connectivity index (χ3v) is 5.20. The van der Waals surface area contributed by atoms with Crippen LogP contribution in [-0.4, -0.2) is 9.91 Å². The molecule has 1 heterocycles. The van der Waals surface area contributed by atoms with Gasteiger partial charge in [0.05, 0.1) is 15.6 Å². The van der Waals surface area contributed by atoms with Gasteiger partial charge in [-0.15, -0.1) is 11.3 Å². The lowest BCUT2D eigenvalue weighted by Crippen LogP contribution is -1.98. The summed E-state index contributed by atoms with van der Waals surface area (Å²) in [5, 5.41) is 14.2. The van der Waals surface area contributed by atoms with Crippen molar-refractivity contribution in [1.82, 2.24) is 4.98 Å². The number of nitro groups is 1. The van der Waals surface area contributed by atoms with Crippen molar-refractivity contribution in [2.24, 2.45) is 0 Å². The van der Waals surface area contributed by atoms with Crippen LogP contribution in [0.5, 0.6) is 0 Å². The number of aryl methyl sites for hydroxylation is 3. The van der Waals surface area contributed by atoms with E-state index in [4.69, 9.17) is 4.98 Å². The van der Waals surface area contributed by atoms with Crippen molar-refractivity contribution >= 4 is 17.0 Å². The minimum absolute atomic E-state index is 0.180. The first-order chi connectivity index (χ1) is 11.9. The van der Waals surface area contributed by atoms with Crippen LogP contribution in [0.3, 0.4) is 0 Å². The Morgan fingerprint density at radius 1 is 1.04 bits per heavy atom. The van der Waals surface area contributed by atoms with E-state index in [0.29, 0.717) is 12.0 Å². The normalized spacial score (nSPS) is 10.8. The molecule has 0 unspecified atom stereocenters. The monoisotopic (exact) mass is 352 g/mol. The highest BCUT2D eigenvalue weighted by molar-refractivity contribution is 7.09. The standard InChI is InChI=1S/C20H20N2O2S/c1-13-4-6-16(7-5-13)10-20-21-18(12-25-20)11-17-8-15(3)19(22(23)24)9-14(17)2/h4-9,12H,10-11H2,1-3H3. The minimum Gasteiger partial charge on any atom is -0.258 e. The fourth-order valence-corrected chi connectivity index (χ4v) is 3.66. The molecule has 0 atom stereocenters. The van der Waals surface area contributed by atoms with Gasteiger partial charge in [-0.1, -0.05) is 29.8 Å². The number of aromatic nitrogens is 1. The summed E-state index contributed by atoms with van der Waals surface area (Å²) in [4.78, 5) is 15.4. The fourth-order valence-electron chi connectivity index (χ4n) is 2.83. The molecule has 3 aromatic rings. The van der Waals surface area contributed by atoms with Crippen LogP contribution >= 0.6 is 11.3 Å². The second kappa shape index (κ2) is 7.15.